The molecule has 0 aliphatic heterocycles. The Hall–Kier alpha value is -6.13. The smallest absolute Gasteiger partial charge is 0.489 e. The van der Waals surface area contributed by atoms with Crippen molar-refractivity contribution >= 4 is 39.6 Å². The maximum absolute atomic E-state index is 15.7. The molecule has 54 heavy (non-hydrogen) atoms. The fourth-order valence-corrected chi connectivity index (χ4v) is 6.47. The second kappa shape index (κ2) is 12.5. The molecule has 0 atom stereocenters. The van der Waals surface area contributed by atoms with E-state index in [1.807, 2.05) is 0 Å². The van der Waals surface area contributed by atoms with Crippen LogP contribution >= 0.6 is 0 Å². The molecule has 8 rings (SSSR count). The third-order valence-electron chi connectivity index (χ3n) is 8.91. The number of rotatable bonds is 6. The third-order valence-corrected chi connectivity index (χ3v) is 8.91. The quantitative estimate of drug-likeness (QED) is 0.0731. The topological polar surface area (TPSA) is 27.7 Å². The molecule has 272 valence electrons. The lowest BCUT2D eigenvalue weighted by Crippen LogP contribution is -2.38. The largest absolute Gasteiger partial charge is 0.864 e. The average molecular weight is 762 g/mol. The molecule has 3 nitrogen and oxygen atoms in total. The van der Waals surface area contributed by atoms with Crippen molar-refractivity contribution in [2.24, 2.45) is 0 Å². The zero-order valence-electron chi connectivity index (χ0n) is 26.2. The van der Waals surface area contributed by atoms with Crippen molar-refractivity contribution in [3.8, 4) is 28.4 Å². The lowest BCUT2D eigenvalue weighted by Gasteiger charge is -2.21. The van der Waals surface area contributed by atoms with Crippen LogP contribution in [0, 0.1) is 75.6 Å². The first-order chi connectivity index (χ1) is 25.7. The van der Waals surface area contributed by atoms with Crippen molar-refractivity contribution in [2.45, 2.75) is 6.42 Å². The Morgan fingerprint density at radius 3 is 1.87 bits per heavy atom. The molecule has 0 amide bonds. The normalized spacial score (nSPS) is 12.1. The molecule has 0 N–H and O–H groups in total. The van der Waals surface area contributed by atoms with Crippen molar-refractivity contribution < 1.29 is 71.0 Å². The van der Waals surface area contributed by atoms with Crippen LogP contribution in [0.1, 0.15) is 11.1 Å². The first-order valence-corrected chi connectivity index (χ1v) is 15.3. The van der Waals surface area contributed by atoms with E-state index in [-0.39, 0.29) is 17.0 Å². The average Bonchev–Trinajstić information content (AvgIpc) is 3.55. The van der Waals surface area contributed by atoms with Crippen LogP contribution in [-0.2, 0) is 6.42 Å². The van der Waals surface area contributed by atoms with Gasteiger partial charge >= 0.3 is 7.32 Å². The Morgan fingerprint density at radius 1 is 0.426 bits per heavy atom. The van der Waals surface area contributed by atoms with Gasteiger partial charge in [-0.25, -0.2) is 48.3 Å². The Balaban J connectivity index is 1.35. The summed E-state index contributed by atoms with van der Waals surface area (Å²) in [5.41, 5.74) is -1.85. The minimum atomic E-state index is -2.82. The third kappa shape index (κ3) is 5.15. The first kappa shape index (κ1) is 34.9. The zero-order chi connectivity index (χ0) is 38.5. The van der Waals surface area contributed by atoms with Gasteiger partial charge in [-0.3, -0.25) is 0 Å². The summed E-state index contributed by atoms with van der Waals surface area (Å²) in [6, 6.07) is 7.85. The highest BCUT2D eigenvalue weighted by Crippen LogP contribution is 2.47. The van der Waals surface area contributed by atoms with E-state index in [0.29, 0.717) is 24.3 Å². The van der Waals surface area contributed by atoms with Crippen LogP contribution in [0.3, 0.4) is 0 Å². The maximum Gasteiger partial charge on any atom is 0.864 e. The van der Waals surface area contributed by atoms with E-state index in [2.05, 4.69) is 0 Å². The lowest BCUT2D eigenvalue weighted by molar-refractivity contribution is 0.288. The SMILES string of the molecule is Fc1cc2c(OB(Oc3c(F)c(F)c(F)c4c3Cc3cccc(F)c3-4)Oc3c(F)c(F)c(F)c4cc5c(F)c(F)ccc5cc34)ccc(F)c2c(F)c1F. The van der Waals surface area contributed by atoms with E-state index in [0.717, 1.165) is 18.2 Å². The highest BCUT2D eigenvalue weighted by molar-refractivity contribution is 6.40. The summed E-state index contributed by atoms with van der Waals surface area (Å²) in [6.07, 6.45) is -0.523. The van der Waals surface area contributed by atoms with Crippen LogP contribution in [0.4, 0.5) is 57.1 Å². The van der Waals surface area contributed by atoms with Crippen molar-refractivity contribution in [3.63, 3.8) is 0 Å². The molecule has 1 aliphatic carbocycles. The van der Waals surface area contributed by atoms with E-state index in [9.17, 15) is 30.7 Å². The van der Waals surface area contributed by atoms with Gasteiger partial charge in [0.1, 0.15) is 23.1 Å². The van der Waals surface area contributed by atoms with Gasteiger partial charge in [-0.2, -0.15) is 8.78 Å². The fourth-order valence-electron chi connectivity index (χ4n) is 6.47. The summed E-state index contributed by atoms with van der Waals surface area (Å²) < 4.78 is 210. The second-order valence-corrected chi connectivity index (χ2v) is 11.9. The first-order valence-electron chi connectivity index (χ1n) is 15.3. The van der Waals surface area contributed by atoms with Gasteiger partial charge in [-0.05, 0) is 53.4 Å². The summed E-state index contributed by atoms with van der Waals surface area (Å²) in [6.45, 7) is 0. The van der Waals surface area contributed by atoms with E-state index in [4.69, 9.17) is 14.0 Å². The lowest BCUT2D eigenvalue weighted by atomic mass is 10.0. The minimum absolute atomic E-state index is 0.0165. The van der Waals surface area contributed by atoms with Crippen LogP contribution in [0.2, 0.25) is 0 Å². The van der Waals surface area contributed by atoms with E-state index in [1.165, 1.54) is 12.1 Å². The molecule has 0 bridgehead atoms. The molecule has 1 aliphatic rings. The summed E-state index contributed by atoms with van der Waals surface area (Å²) in [7, 11) is -2.82. The van der Waals surface area contributed by atoms with Gasteiger partial charge in [0, 0.05) is 44.7 Å². The highest BCUT2D eigenvalue weighted by atomic mass is 19.2. The molecule has 0 aromatic heterocycles. The molecule has 0 unspecified atom stereocenters. The fraction of sp³-hybridized carbons (Fsp3) is 0.0270. The van der Waals surface area contributed by atoms with Gasteiger partial charge in [0.15, 0.2) is 58.1 Å². The van der Waals surface area contributed by atoms with Crippen LogP contribution in [0.25, 0.3) is 43.4 Å². The van der Waals surface area contributed by atoms with Crippen molar-refractivity contribution in [1.29, 1.82) is 0 Å². The number of fused-ring (bicyclic) bond motifs is 6. The summed E-state index contributed by atoms with van der Waals surface area (Å²) in [4.78, 5) is 0. The van der Waals surface area contributed by atoms with Crippen LogP contribution < -0.4 is 14.0 Å². The monoisotopic (exact) mass is 762 g/mol. The van der Waals surface area contributed by atoms with Crippen LogP contribution in [-0.4, -0.2) is 7.32 Å². The van der Waals surface area contributed by atoms with E-state index < -0.39 is 150 Å². The minimum Gasteiger partial charge on any atom is -0.489 e. The molecule has 0 saturated carbocycles. The van der Waals surface area contributed by atoms with E-state index >= 15 is 26.3 Å². The Kier molecular flexibility index (Phi) is 8.08. The van der Waals surface area contributed by atoms with Gasteiger partial charge in [-0.1, -0.05) is 18.2 Å². The molecule has 0 saturated heterocycles. The Bertz CT molecular complexity index is 2790. The number of hydrogen-bond donors (Lipinski definition) is 0. The highest BCUT2D eigenvalue weighted by Gasteiger charge is 2.41. The predicted molar refractivity (Wildman–Crippen MR) is 167 cm³/mol. The molecule has 17 heteroatoms. The number of benzene rings is 7. The van der Waals surface area contributed by atoms with E-state index in [1.54, 1.807) is 0 Å². The van der Waals surface area contributed by atoms with Crippen LogP contribution in [0.5, 0.6) is 17.2 Å². The zero-order valence-corrected chi connectivity index (χ0v) is 26.2. The van der Waals surface area contributed by atoms with Crippen molar-refractivity contribution in [2.75, 3.05) is 0 Å². The van der Waals surface area contributed by atoms with Gasteiger partial charge < -0.3 is 14.0 Å². The second-order valence-electron chi connectivity index (χ2n) is 11.9. The number of halogens is 13. The molecule has 0 radical (unpaired) electrons. The maximum atomic E-state index is 15.7. The van der Waals surface area contributed by atoms with Crippen molar-refractivity contribution in [1.82, 2.24) is 0 Å². The predicted octanol–water partition coefficient (Wildman–Crippen LogP) is 11.0. The summed E-state index contributed by atoms with van der Waals surface area (Å²) in [5.74, 6) is -27.3. The van der Waals surface area contributed by atoms with Gasteiger partial charge in [0.05, 0.1) is 5.39 Å². The Labute approximate surface area is 292 Å². The van der Waals surface area contributed by atoms with Gasteiger partial charge in [0.25, 0.3) is 0 Å². The standard InChI is InChI=1S/C37H12BF13O3/c39-19-3-1-2-13-9-18-26(24(13)19)31(47)33(49)35(51)37(18)54-38(52-23-7-6-20(40)25-17(23)11-22(42)29(45)30(25)46)53-36-16-8-12-4-5-21(41)27(43)14(12)10-15(16)28(44)32(48)34(36)50/h1-8,10-11H,9H2. The van der Waals surface area contributed by atoms with Gasteiger partial charge in [0.2, 0.25) is 11.6 Å². The van der Waals surface area contributed by atoms with Crippen LogP contribution in [0.15, 0.2) is 60.7 Å². The molecule has 7 aromatic carbocycles. The molecule has 0 fully saturated rings. The molecule has 0 spiro atoms. The molecule has 7 aromatic rings. The molecular formula is C37H12BF13O3. The molecular weight excluding hydrogens is 750 g/mol. The molecule has 0 heterocycles. The summed E-state index contributed by atoms with van der Waals surface area (Å²) >= 11 is 0. The van der Waals surface area contributed by atoms with Gasteiger partial charge in [-0.15, -0.1) is 0 Å². The Morgan fingerprint density at radius 2 is 1.11 bits per heavy atom. The van der Waals surface area contributed by atoms with Crippen molar-refractivity contribution in [3.05, 3.63) is 147 Å². The summed E-state index contributed by atoms with van der Waals surface area (Å²) in [5, 5.41) is -4.55. The number of hydrogen-bond acceptors (Lipinski definition) is 3.